The summed E-state index contributed by atoms with van der Waals surface area (Å²) in [6.45, 7) is 0.859. The van der Waals surface area contributed by atoms with Gasteiger partial charge in [0.1, 0.15) is 12.0 Å². The number of rotatable bonds is 6. The van der Waals surface area contributed by atoms with E-state index >= 15 is 0 Å². The van der Waals surface area contributed by atoms with Crippen LogP contribution in [-0.2, 0) is 14.8 Å². The highest BCUT2D eigenvalue weighted by Crippen LogP contribution is 2.20. The smallest absolute Gasteiger partial charge is 0.260 e. The Morgan fingerprint density at radius 3 is 2.18 bits per heavy atom. The van der Waals surface area contributed by atoms with Crippen molar-refractivity contribution in [3.8, 4) is 5.75 Å². The largest absolute Gasteiger partial charge is 0.484 e. The minimum atomic E-state index is -3.61. The maximum atomic E-state index is 12.7. The van der Waals surface area contributed by atoms with Crippen molar-refractivity contribution in [2.45, 2.75) is 4.90 Å². The highest BCUT2D eigenvalue weighted by molar-refractivity contribution is 7.89. The van der Waals surface area contributed by atoms with Gasteiger partial charge in [-0.15, -0.1) is 0 Å². The van der Waals surface area contributed by atoms with Crippen molar-refractivity contribution in [3.05, 3.63) is 59.1 Å². The first kappa shape index (κ1) is 20.3. The number of ether oxygens (including phenoxy) is 1. The quantitative estimate of drug-likeness (QED) is 0.665. The fourth-order valence-electron chi connectivity index (χ4n) is 2.81. The van der Waals surface area contributed by atoms with Gasteiger partial charge >= 0.3 is 0 Å². The summed E-state index contributed by atoms with van der Waals surface area (Å²) in [6, 6.07) is 12.5. The Kier molecular flexibility index (Phi) is 6.33. The number of aldehydes is 1. The molecular weight excluding hydrogens is 404 g/mol. The van der Waals surface area contributed by atoms with Crippen molar-refractivity contribution in [1.82, 2.24) is 9.21 Å². The van der Waals surface area contributed by atoms with E-state index in [9.17, 15) is 18.0 Å². The molecule has 2 aromatic rings. The van der Waals surface area contributed by atoms with Crippen LogP contribution in [0, 0.1) is 0 Å². The third kappa shape index (κ3) is 4.70. The van der Waals surface area contributed by atoms with Gasteiger partial charge in [-0.3, -0.25) is 9.59 Å². The van der Waals surface area contributed by atoms with E-state index < -0.39 is 10.0 Å². The highest BCUT2D eigenvalue weighted by Gasteiger charge is 2.30. The first-order chi connectivity index (χ1) is 13.4. The van der Waals surface area contributed by atoms with Crippen molar-refractivity contribution >= 4 is 33.8 Å². The van der Waals surface area contributed by atoms with Crippen molar-refractivity contribution in [1.29, 1.82) is 0 Å². The van der Waals surface area contributed by atoms with Crippen LogP contribution in [0.4, 0.5) is 0 Å². The minimum absolute atomic E-state index is 0.148. The lowest BCUT2D eigenvalue weighted by atomic mass is 10.2. The van der Waals surface area contributed by atoms with Crippen LogP contribution in [0.5, 0.6) is 5.75 Å². The molecule has 0 N–H and O–H groups in total. The van der Waals surface area contributed by atoms with Crippen LogP contribution < -0.4 is 4.74 Å². The maximum Gasteiger partial charge on any atom is 0.260 e. The summed E-state index contributed by atoms with van der Waals surface area (Å²) in [4.78, 5) is 24.7. The van der Waals surface area contributed by atoms with Gasteiger partial charge in [0.05, 0.1) is 4.90 Å². The lowest BCUT2D eigenvalue weighted by Gasteiger charge is -2.34. The van der Waals surface area contributed by atoms with Crippen molar-refractivity contribution in [2.24, 2.45) is 0 Å². The summed E-state index contributed by atoms with van der Waals surface area (Å²) < 4.78 is 32.1. The Balaban J connectivity index is 1.53. The number of carbonyl (C=O) groups is 2. The monoisotopic (exact) mass is 422 g/mol. The van der Waals surface area contributed by atoms with Crippen LogP contribution in [0.2, 0.25) is 5.02 Å². The first-order valence-corrected chi connectivity index (χ1v) is 10.4. The third-order valence-electron chi connectivity index (χ3n) is 4.42. The van der Waals surface area contributed by atoms with Crippen molar-refractivity contribution in [3.63, 3.8) is 0 Å². The van der Waals surface area contributed by atoms with Gasteiger partial charge in [0, 0.05) is 36.8 Å². The van der Waals surface area contributed by atoms with Crippen LogP contribution in [0.15, 0.2) is 53.4 Å². The number of halogens is 1. The zero-order valence-corrected chi connectivity index (χ0v) is 16.5. The fourth-order valence-corrected chi connectivity index (χ4v) is 4.36. The number of nitrogens with zero attached hydrogens (tertiary/aromatic N) is 2. The van der Waals surface area contributed by atoms with E-state index in [0.717, 1.165) is 6.29 Å². The second-order valence-corrected chi connectivity index (χ2v) is 8.59. The average Bonchev–Trinajstić information content (AvgIpc) is 2.73. The fraction of sp³-hybridized carbons (Fsp3) is 0.263. The Morgan fingerprint density at radius 1 is 1.00 bits per heavy atom. The Labute approximate surface area is 168 Å². The number of benzene rings is 2. The molecule has 1 amide bonds. The molecule has 2 aromatic carbocycles. The molecule has 0 saturated carbocycles. The van der Waals surface area contributed by atoms with E-state index in [4.69, 9.17) is 16.3 Å². The van der Waals surface area contributed by atoms with Gasteiger partial charge in [-0.1, -0.05) is 11.6 Å². The number of amides is 1. The molecule has 0 unspecified atom stereocenters. The number of hydrogen-bond acceptors (Lipinski definition) is 5. The van der Waals surface area contributed by atoms with Crippen LogP contribution in [0.1, 0.15) is 10.4 Å². The molecule has 0 aliphatic carbocycles. The molecule has 1 fully saturated rings. The van der Waals surface area contributed by atoms with E-state index in [1.54, 1.807) is 29.2 Å². The molecule has 9 heteroatoms. The summed E-state index contributed by atoms with van der Waals surface area (Å²) in [7, 11) is -3.61. The standard InChI is InChI=1S/C19H19ClN2O5S/c20-16-3-7-18(8-4-16)28(25,26)22-11-9-21(10-12-22)19(24)14-27-17-5-1-15(13-23)2-6-17/h1-8,13H,9-12,14H2. The molecule has 28 heavy (non-hydrogen) atoms. The van der Waals surface area contributed by atoms with Gasteiger partial charge in [-0.25, -0.2) is 8.42 Å². The van der Waals surface area contributed by atoms with Crippen LogP contribution in [-0.4, -0.2) is 62.6 Å². The van der Waals surface area contributed by atoms with E-state index in [-0.39, 0.29) is 30.5 Å². The van der Waals surface area contributed by atoms with Gasteiger partial charge in [0.15, 0.2) is 6.61 Å². The predicted octanol–water partition coefficient (Wildman–Crippen LogP) is 2.06. The highest BCUT2D eigenvalue weighted by atomic mass is 35.5. The predicted molar refractivity (Wildman–Crippen MR) is 104 cm³/mol. The molecule has 1 aliphatic heterocycles. The molecule has 1 heterocycles. The molecule has 0 atom stereocenters. The summed E-state index contributed by atoms with van der Waals surface area (Å²) >= 11 is 5.81. The Bertz CT molecular complexity index is 937. The van der Waals surface area contributed by atoms with E-state index in [0.29, 0.717) is 29.4 Å². The molecule has 1 saturated heterocycles. The summed E-state index contributed by atoms with van der Waals surface area (Å²) in [6.07, 6.45) is 0.729. The van der Waals surface area contributed by atoms with Crippen LogP contribution in [0.25, 0.3) is 0 Å². The maximum absolute atomic E-state index is 12.7. The Morgan fingerprint density at radius 2 is 1.61 bits per heavy atom. The number of hydrogen-bond donors (Lipinski definition) is 0. The van der Waals surface area contributed by atoms with Crippen molar-refractivity contribution < 1.29 is 22.7 Å². The molecule has 0 aromatic heterocycles. The molecular formula is C19H19ClN2O5S. The number of piperazine rings is 1. The van der Waals surface area contributed by atoms with Gasteiger partial charge in [0.2, 0.25) is 10.0 Å². The lowest BCUT2D eigenvalue weighted by Crippen LogP contribution is -2.51. The second-order valence-electron chi connectivity index (χ2n) is 6.21. The first-order valence-electron chi connectivity index (χ1n) is 8.62. The number of sulfonamides is 1. The molecule has 3 rings (SSSR count). The average molecular weight is 423 g/mol. The molecule has 7 nitrogen and oxygen atoms in total. The topological polar surface area (TPSA) is 84.0 Å². The Hall–Kier alpha value is -2.42. The van der Waals surface area contributed by atoms with Gasteiger partial charge < -0.3 is 9.64 Å². The molecule has 0 radical (unpaired) electrons. The summed E-state index contributed by atoms with van der Waals surface area (Å²) in [5.74, 6) is 0.269. The lowest BCUT2D eigenvalue weighted by molar-refractivity contribution is -0.134. The molecule has 0 bridgehead atoms. The molecule has 0 spiro atoms. The van der Waals surface area contributed by atoms with E-state index in [1.807, 2.05) is 0 Å². The normalized spacial score (nSPS) is 15.2. The molecule has 1 aliphatic rings. The number of carbonyl (C=O) groups excluding carboxylic acids is 2. The summed E-state index contributed by atoms with van der Waals surface area (Å²) in [5, 5.41) is 0.468. The zero-order valence-electron chi connectivity index (χ0n) is 15.0. The minimum Gasteiger partial charge on any atom is -0.484 e. The summed E-state index contributed by atoms with van der Waals surface area (Å²) in [5.41, 5.74) is 0.525. The van der Waals surface area contributed by atoms with E-state index in [2.05, 4.69) is 0 Å². The SMILES string of the molecule is O=Cc1ccc(OCC(=O)N2CCN(S(=O)(=O)c3ccc(Cl)cc3)CC2)cc1. The van der Waals surface area contributed by atoms with Crippen LogP contribution in [0.3, 0.4) is 0 Å². The molecule has 148 valence electrons. The van der Waals surface area contributed by atoms with Crippen molar-refractivity contribution in [2.75, 3.05) is 32.8 Å². The van der Waals surface area contributed by atoms with Gasteiger partial charge in [0.25, 0.3) is 5.91 Å². The second kappa shape index (κ2) is 8.72. The van der Waals surface area contributed by atoms with Gasteiger partial charge in [-0.05, 0) is 48.5 Å². The van der Waals surface area contributed by atoms with Crippen LogP contribution >= 0.6 is 11.6 Å². The van der Waals surface area contributed by atoms with E-state index in [1.165, 1.54) is 28.6 Å². The third-order valence-corrected chi connectivity index (χ3v) is 6.59. The zero-order chi connectivity index (χ0) is 20.1. The van der Waals surface area contributed by atoms with Gasteiger partial charge in [-0.2, -0.15) is 4.31 Å².